The van der Waals surface area contributed by atoms with Gasteiger partial charge in [0.15, 0.2) is 0 Å². The third kappa shape index (κ3) is 3.51. The van der Waals surface area contributed by atoms with E-state index in [4.69, 9.17) is 4.74 Å². The Bertz CT molecular complexity index is 518. The summed E-state index contributed by atoms with van der Waals surface area (Å²) in [5.41, 5.74) is 1.71. The molecule has 0 radical (unpaired) electrons. The number of pyridine rings is 1. The molecular formula is C13H17N3O4. The lowest BCUT2D eigenvalue weighted by Gasteiger charge is -2.24. The zero-order chi connectivity index (χ0) is 14.5. The number of ether oxygens (including phenoxy) is 1. The highest BCUT2D eigenvalue weighted by molar-refractivity contribution is 5.77. The fourth-order valence-corrected chi connectivity index (χ4v) is 2.29. The number of nitrogens with one attached hydrogen (secondary N) is 1. The summed E-state index contributed by atoms with van der Waals surface area (Å²) < 4.78 is 5.04. The highest BCUT2D eigenvalue weighted by atomic mass is 16.6. The van der Waals surface area contributed by atoms with Crippen LogP contribution in [0.1, 0.15) is 24.6 Å². The van der Waals surface area contributed by atoms with E-state index in [9.17, 15) is 14.9 Å². The van der Waals surface area contributed by atoms with E-state index in [1.807, 2.05) is 6.92 Å². The molecule has 7 nitrogen and oxygen atoms in total. The molecule has 1 aliphatic rings. The number of amides is 1. The van der Waals surface area contributed by atoms with Crippen molar-refractivity contribution in [1.82, 2.24) is 10.3 Å². The third-order valence-corrected chi connectivity index (χ3v) is 3.25. The van der Waals surface area contributed by atoms with Gasteiger partial charge in [0.05, 0.1) is 4.92 Å². The fourth-order valence-electron chi connectivity index (χ4n) is 2.29. The molecule has 7 heteroatoms. The number of hydrogen-bond acceptors (Lipinski definition) is 5. The van der Waals surface area contributed by atoms with E-state index < -0.39 is 4.92 Å². The van der Waals surface area contributed by atoms with Gasteiger partial charge in [-0.1, -0.05) is 0 Å². The Hall–Kier alpha value is -2.02. The van der Waals surface area contributed by atoms with Gasteiger partial charge in [-0.05, 0) is 31.7 Å². The number of nitro groups is 1. The van der Waals surface area contributed by atoms with Crippen molar-refractivity contribution in [3.8, 4) is 0 Å². The first-order valence-electron chi connectivity index (χ1n) is 6.59. The van der Waals surface area contributed by atoms with Gasteiger partial charge in [0.25, 0.3) is 5.69 Å². The van der Waals surface area contributed by atoms with Crippen molar-refractivity contribution >= 4 is 11.6 Å². The van der Waals surface area contributed by atoms with E-state index in [2.05, 4.69) is 10.3 Å². The van der Waals surface area contributed by atoms with Gasteiger partial charge in [-0.25, -0.2) is 0 Å². The molecule has 0 fully saturated rings. The van der Waals surface area contributed by atoms with Gasteiger partial charge in [-0.2, -0.15) is 0 Å². The van der Waals surface area contributed by atoms with Crippen molar-refractivity contribution in [2.75, 3.05) is 13.2 Å². The van der Waals surface area contributed by atoms with Gasteiger partial charge in [0, 0.05) is 24.4 Å². The van der Waals surface area contributed by atoms with Crippen molar-refractivity contribution < 1.29 is 14.5 Å². The maximum absolute atomic E-state index is 11.6. The molecule has 0 saturated carbocycles. The van der Waals surface area contributed by atoms with Crippen LogP contribution < -0.4 is 5.32 Å². The molecule has 1 amide bonds. The van der Waals surface area contributed by atoms with Gasteiger partial charge in [-0.15, -0.1) is 0 Å². The van der Waals surface area contributed by atoms with Crippen LogP contribution in [0.5, 0.6) is 0 Å². The van der Waals surface area contributed by atoms with Crippen LogP contribution >= 0.6 is 0 Å². The summed E-state index contributed by atoms with van der Waals surface area (Å²) in [6.45, 7) is 2.37. The highest BCUT2D eigenvalue weighted by Crippen LogP contribution is 2.23. The molecule has 1 heterocycles. The topological polar surface area (TPSA) is 94.4 Å². The second-order valence-electron chi connectivity index (χ2n) is 4.70. The van der Waals surface area contributed by atoms with E-state index in [1.54, 1.807) is 6.07 Å². The van der Waals surface area contributed by atoms with Crippen LogP contribution in [0.25, 0.3) is 0 Å². The first-order valence-corrected chi connectivity index (χ1v) is 6.59. The number of nitrogens with zero attached hydrogens (tertiary/aromatic N) is 2. The lowest BCUT2D eigenvalue weighted by molar-refractivity contribution is -0.385. The van der Waals surface area contributed by atoms with Crippen molar-refractivity contribution in [2.24, 2.45) is 0 Å². The second kappa shape index (κ2) is 6.42. The Morgan fingerprint density at radius 1 is 1.65 bits per heavy atom. The predicted octanol–water partition coefficient (Wildman–Crippen LogP) is 1.000. The maximum atomic E-state index is 11.6. The summed E-state index contributed by atoms with van der Waals surface area (Å²) in [6.07, 6.45) is 3.36. The Kier molecular flexibility index (Phi) is 4.62. The van der Waals surface area contributed by atoms with E-state index in [-0.39, 0.29) is 24.2 Å². The lowest BCUT2D eigenvalue weighted by atomic mass is 9.91. The number of fused-ring (bicyclic) bond motifs is 1. The van der Waals surface area contributed by atoms with Gasteiger partial charge in [0.2, 0.25) is 5.91 Å². The molecule has 1 aromatic heterocycles. The van der Waals surface area contributed by atoms with Crippen LogP contribution in [0.3, 0.4) is 0 Å². The number of aromatic nitrogens is 1. The highest BCUT2D eigenvalue weighted by Gasteiger charge is 2.23. The number of carbonyl (C=O) groups is 1. The number of rotatable bonds is 5. The molecule has 2 rings (SSSR count). The Morgan fingerprint density at radius 2 is 2.45 bits per heavy atom. The number of carbonyl (C=O) groups excluding carboxylic acids is 1. The van der Waals surface area contributed by atoms with Gasteiger partial charge >= 0.3 is 0 Å². The molecule has 0 spiro atoms. The molecule has 1 unspecified atom stereocenters. The van der Waals surface area contributed by atoms with Gasteiger partial charge in [-0.3, -0.25) is 19.9 Å². The molecule has 0 aromatic carbocycles. The Morgan fingerprint density at radius 3 is 3.15 bits per heavy atom. The largest absolute Gasteiger partial charge is 0.372 e. The third-order valence-electron chi connectivity index (χ3n) is 3.25. The van der Waals surface area contributed by atoms with Crippen molar-refractivity contribution in [3.63, 3.8) is 0 Å². The van der Waals surface area contributed by atoms with Gasteiger partial charge in [0.1, 0.15) is 12.8 Å². The quantitative estimate of drug-likeness (QED) is 0.641. The molecule has 0 aliphatic heterocycles. The lowest BCUT2D eigenvalue weighted by Crippen LogP contribution is -2.40. The van der Waals surface area contributed by atoms with Crippen molar-refractivity contribution in [3.05, 3.63) is 33.6 Å². The minimum atomic E-state index is -0.454. The molecule has 1 N–H and O–H groups in total. The SMILES string of the molecule is CCOCC(=O)NC1CCc2ncc([N+](=O)[O-])cc2C1. The summed E-state index contributed by atoms with van der Waals surface area (Å²) in [5.74, 6) is -0.154. The molecule has 20 heavy (non-hydrogen) atoms. The molecule has 1 aliphatic carbocycles. The molecule has 1 aromatic rings. The number of hydrogen-bond donors (Lipinski definition) is 1. The predicted molar refractivity (Wildman–Crippen MR) is 71.3 cm³/mol. The van der Waals surface area contributed by atoms with E-state index in [0.717, 1.165) is 17.7 Å². The summed E-state index contributed by atoms with van der Waals surface area (Å²) in [4.78, 5) is 26.0. The first kappa shape index (κ1) is 14.4. The van der Waals surface area contributed by atoms with Crippen molar-refractivity contribution in [2.45, 2.75) is 32.2 Å². The van der Waals surface area contributed by atoms with Crippen LogP contribution in [0.4, 0.5) is 5.69 Å². The molecule has 0 saturated heterocycles. The first-order chi connectivity index (χ1) is 9.60. The molecular weight excluding hydrogens is 262 g/mol. The van der Waals surface area contributed by atoms with Crippen LogP contribution in [0, 0.1) is 10.1 Å². The monoisotopic (exact) mass is 279 g/mol. The van der Waals surface area contributed by atoms with Crippen LogP contribution in [-0.4, -0.2) is 35.1 Å². The second-order valence-corrected chi connectivity index (χ2v) is 4.70. The van der Waals surface area contributed by atoms with Gasteiger partial charge < -0.3 is 10.1 Å². The maximum Gasteiger partial charge on any atom is 0.287 e. The minimum Gasteiger partial charge on any atom is -0.372 e. The minimum absolute atomic E-state index is 0.00922. The van der Waals surface area contributed by atoms with E-state index >= 15 is 0 Å². The summed E-state index contributed by atoms with van der Waals surface area (Å²) in [6, 6.07) is 1.53. The smallest absolute Gasteiger partial charge is 0.287 e. The molecule has 1 atom stereocenters. The summed E-state index contributed by atoms with van der Waals surface area (Å²) in [5, 5.41) is 13.6. The molecule has 0 bridgehead atoms. The summed E-state index contributed by atoms with van der Waals surface area (Å²) in [7, 11) is 0. The van der Waals surface area contributed by atoms with E-state index in [1.165, 1.54) is 6.20 Å². The Balaban J connectivity index is 2.00. The fraction of sp³-hybridized carbons (Fsp3) is 0.538. The normalized spacial score (nSPS) is 17.4. The zero-order valence-corrected chi connectivity index (χ0v) is 11.3. The van der Waals surface area contributed by atoms with Crippen LogP contribution in [0.2, 0.25) is 0 Å². The standard InChI is InChI=1S/C13H17N3O4/c1-2-20-8-13(17)15-10-3-4-12-9(5-10)6-11(7-14-12)16(18)19/h6-7,10H,2-5,8H2,1H3,(H,15,17). The zero-order valence-electron chi connectivity index (χ0n) is 11.3. The van der Waals surface area contributed by atoms with E-state index in [0.29, 0.717) is 19.4 Å². The van der Waals surface area contributed by atoms with Crippen molar-refractivity contribution in [1.29, 1.82) is 0 Å². The van der Waals surface area contributed by atoms with Crippen LogP contribution in [-0.2, 0) is 22.4 Å². The summed E-state index contributed by atoms with van der Waals surface area (Å²) >= 11 is 0. The molecule has 108 valence electrons. The van der Waals surface area contributed by atoms with Crippen LogP contribution in [0.15, 0.2) is 12.3 Å². The Labute approximate surface area is 116 Å². The average molecular weight is 279 g/mol. The number of aryl methyl sites for hydroxylation is 1. The average Bonchev–Trinajstić information content (AvgIpc) is 2.44.